The Kier molecular flexibility index (Phi) is 8.71. The Morgan fingerprint density at radius 1 is 0.610 bits per heavy atom. The van der Waals surface area contributed by atoms with Gasteiger partial charge < -0.3 is 5.11 Å². The zero-order valence-electron chi connectivity index (χ0n) is 25.5. The molecule has 1 heteroatoms. The van der Waals surface area contributed by atoms with Gasteiger partial charge >= 0.3 is 0 Å². The highest BCUT2D eigenvalue weighted by molar-refractivity contribution is 5.83. The van der Waals surface area contributed by atoms with Crippen LogP contribution in [0.5, 0.6) is 5.75 Å². The van der Waals surface area contributed by atoms with Gasteiger partial charge in [-0.2, -0.15) is 0 Å². The quantitative estimate of drug-likeness (QED) is 0.345. The van der Waals surface area contributed by atoms with Crippen LogP contribution in [0, 0.1) is 17.8 Å². The second-order valence-corrected chi connectivity index (χ2v) is 13.7. The van der Waals surface area contributed by atoms with Crippen LogP contribution >= 0.6 is 0 Å². The highest BCUT2D eigenvalue weighted by Gasteiger charge is 2.44. The van der Waals surface area contributed by atoms with Gasteiger partial charge in [0, 0.05) is 16.5 Å². The van der Waals surface area contributed by atoms with E-state index in [0.29, 0.717) is 11.7 Å². The predicted molar refractivity (Wildman–Crippen MR) is 174 cm³/mol. The van der Waals surface area contributed by atoms with Crippen LogP contribution < -0.4 is 0 Å². The highest BCUT2D eigenvalue weighted by atomic mass is 16.3. The SMILES string of the molecule is CC(C)(c1ccccc1)c1cc(-c2ccccc2)cc(C2=C3CCCCC3C3CCCCCCCCCCC23)c1O. The van der Waals surface area contributed by atoms with E-state index in [1.807, 2.05) is 0 Å². The minimum Gasteiger partial charge on any atom is -0.507 e. The van der Waals surface area contributed by atoms with Gasteiger partial charge in [-0.15, -0.1) is 0 Å². The van der Waals surface area contributed by atoms with Crippen LogP contribution in [0.2, 0.25) is 0 Å². The summed E-state index contributed by atoms with van der Waals surface area (Å²) >= 11 is 0. The fourth-order valence-electron chi connectivity index (χ4n) is 8.64. The van der Waals surface area contributed by atoms with E-state index >= 15 is 0 Å². The molecule has 0 spiro atoms. The average Bonchev–Trinajstić information content (AvgIpc) is 3.30. The van der Waals surface area contributed by atoms with Gasteiger partial charge in [-0.3, -0.25) is 0 Å². The van der Waals surface area contributed by atoms with Gasteiger partial charge in [0.1, 0.15) is 5.75 Å². The largest absolute Gasteiger partial charge is 0.507 e. The molecule has 0 bridgehead atoms. The van der Waals surface area contributed by atoms with E-state index in [-0.39, 0.29) is 5.41 Å². The molecular weight excluding hydrogens is 496 g/mol. The van der Waals surface area contributed by atoms with Crippen LogP contribution in [0.4, 0.5) is 0 Å². The van der Waals surface area contributed by atoms with E-state index in [1.165, 1.54) is 107 Å². The first-order chi connectivity index (χ1) is 20.1. The van der Waals surface area contributed by atoms with Gasteiger partial charge in [-0.25, -0.2) is 0 Å². The first-order valence-corrected chi connectivity index (χ1v) is 16.8. The average molecular weight is 547 g/mol. The van der Waals surface area contributed by atoms with Crippen molar-refractivity contribution < 1.29 is 5.11 Å². The molecule has 0 saturated heterocycles. The summed E-state index contributed by atoms with van der Waals surface area (Å²) in [7, 11) is 0. The molecule has 2 saturated carbocycles. The Morgan fingerprint density at radius 3 is 1.90 bits per heavy atom. The lowest BCUT2D eigenvalue weighted by Gasteiger charge is -2.31. The van der Waals surface area contributed by atoms with Gasteiger partial charge in [0.2, 0.25) is 0 Å². The van der Waals surface area contributed by atoms with E-state index < -0.39 is 0 Å². The smallest absolute Gasteiger partial charge is 0.127 e. The highest BCUT2D eigenvalue weighted by Crippen LogP contribution is 2.58. The zero-order valence-corrected chi connectivity index (χ0v) is 25.5. The van der Waals surface area contributed by atoms with Crippen LogP contribution in [-0.2, 0) is 5.41 Å². The number of phenols is 1. The van der Waals surface area contributed by atoms with E-state index in [4.69, 9.17) is 0 Å². The third-order valence-corrected chi connectivity index (χ3v) is 10.9. The summed E-state index contributed by atoms with van der Waals surface area (Å²) in [5, 5.41) is 12.4. The summed E-state index contributed by atoms with van der Waals surface area (Å²) in [6.45, 7) is 4.56. The van der Waals surface area contributed by atoms with Crippen LogP contribution in [0.25, 0.3) is 16.7 Å². The second-order valence-electron chi connectivity index (χ2n) is 13.7. The molecule has 3 aliphatic carbocycles. The van der Waals surface area contributed by atoms with E-state index in [0.717, 1.165) is 23.0 Å². The first-order valence-electron chi connectivity index (χ1n) is 16.8. The summed E-state index contributed by atoms with van der Waals surface area (Å²) in [4.78, 5) is 0. The third kappa shape index (κ3) is 5.79. The van der Waals surface area contributed by atoms with Crippen LogP contribution in [0.1, 0.15) is 120 Å². The number of benzene rings is 3. The molecule has 1 nitrogen and oxygen atoms in total. The standard InChI is InChI=1S/C40H50O/c1-40(2,31-21-13-10-14-22-31)37-28-30(29-19-11-9-12-20-29)27-36(39(37)41)38-34-25-16-8-6-4-3-5-7-15-23-32(34)33-24-17-18-26-35(33)38/h9-14,19-22,27-28,32-34,41H,3-8,15-18,23-26H2,1-2H3. The molecule has 1 N–H and O–H groups in total. The number of hydrogen-bond donors (Lipinski definition) is 1. The lowest BCUT2D eigenvalue weighted by Crippen LogP contribution is -2.21. The molecule has 2 fully saturated rings. The Hall–Kier alpha value is -2.80. The fraction of sp³-hybridized carbons (Fsp3) is 0.500. The number of phenolic OH excluding ortho intramolecular Hbond substituents is 1. The Labute approximate surface area is 249 Å². The lowest BCUT2D eigenvalue weighted by molar-refractivity contribution is 0.252. The van der Waals surface area contributed by atoms with E-state index in [1.54, 1.807) is 11.1 Å². The molecule has 41 heavy (non-hydrogen) atoms. The Balaban J connectivity index is 1.52. The molecule has 3 atom stereocenters. The number of hydrogen-bond acceptors (Lipinski definition) is 1. The minimum absolute atomic E-state index is 0.313. The van der Waals surface area contributed by atoms with Gasteiger partial charge in [-0.05, 0) is 84.3 Å². The number of fused-ring (bicyclic) bond motifs is 3. The second kappa shape index (κ2) is 12.6. The maximum Gasteiger partial charge on any atom is 0.127 e. The molecule has 6 rings (SSSR count). The molecule has 0 aromatic heterocycles. The van der Waals surface area contributed by atoms with Crippen molar-refractivity contribution in [3.63, 3.8) is 0 Å². The van der Waals surface area contributed by atoms with Crippen molar-refractivity contribution in [2.24, 2.45) is 17.8 Å². The molecule has 0 radical (unpaired) electrons. The zero-order chi connectivity index (χ0) is 28.2. The molecular formula is C40H50O. The number of aromatic hydroxyl groups is 1. The van der Waals surface area contributed by atoms with Crippen molar-refractivity contribution in [3.8, 4) is 16.9 Å². The summed E-state index contributed by atoms with van der Waals surface area (Å²) in [5.41, 5.74) is 8.86. The topological polar surface area (TPSA) is 20.2 Å². The van der Waals surface area contributed by atoms with Crippen molar-refractivity contribution in [3.05, 3.63) is 95.1 Å². The van der Waals surface area contributed by atoms with Crippen LogP contribution in [0.3, 0.4) is 0 Å². The maximum absolute atomic E-state index is 12.4. The minimum atomic E-state index is -0.313. The number of allylic oxidation sites excluding steroid dienone is 2. The Morgan fingerprint density at radius 2 is 1.20 bits per heavy atom. The normalized spacial score (nSPS) is 24.2. The fourth-order valence-corrected chi connectivity index (χ4v) is 8.64. The van der Waals surface area contributed by atoms with Crippen molar-refractivity contribution in [1.82, 2.24) is 0 Å². The van der Waals surface area contributed by atoms with Crippen LogP contribution in [-0.4, -0.2) is 5.11 Å². The molecule has 216 valence electrons. The van der Waals surface area contributed by atoms with E-state index in [9.17, 15) is 5.11 Å². The Bertz CT molecular complexity index is 1330. The van der Waals surface area contributed by atoms with Gasteiger partial charge in [0.25, 0.3) is 0 Å². The summed E-state index contributed by atoms with van der Waals surface area (Å²) in [6, 6.07) is 26.2. The summed E-state index contributed by atoms with van der Waals surface area (Å²) in [6.07, 6.45) is 19.0. The van der Waals surface area contributed by atoms with Crippen molar-refractivity contribution in [2.75, 3.05) is 0 Å². The third-order valence-electron chi connectivity index (χ3n) is 10.9. The van der Waals surface area contributed by atoms with Crippen LogP contribution in [0.15, 0.2) is 78.4 Å². The molecule has 3 aromatic rings. The molecule has 0 amide bonds. The summed E-state index contributed by atoms with van der Waals surface area (Å²) in [5.74, 6) is 2.58. The monoisotopic (exact) mass is 546 g/mol. The van der Waals surface area contributed by atoms with Crippen molar-refractivity contribution in [2.45, 2.75) is 109 Å². The summed E-state index contributed by atoms with van der Waals surface area (Å²) < 4.78 is 0. The van der Waals surface area contributed by atoms with Gasteiger partial charge in [0.15, 0.2) is 0 Å². The predicted octanol–water partition coefficient (Wildman–Crippen LogP) is 11.5. The van der Waals surface area contributed by atoms with Gasteiger partial charge in [0.05, 0.1) is 0 Å². The lowest BCUT2D eigenvalue weighted by atomic mass is 9.73. The number of rotatable bonds is 4. The van der Waals surface area contributed by atoms with E-state index in [2.05, 4.69) is 86.6 Å². The van der Waals surface area contributed by atoms with Crippen molar-refractivity contribution in [1.29, 1.82) is 0 Å². The molecule has 3 aromatic carbocycles. The van der Waals surface area contributed by atoms with Gasteiger partial charge in [-0.1, -0.05) is 138 Å². The molecule has 3 aliphatic rings. The first kappa shape index (κ1) is 28.3. The molecule has 3 unspecified atom stereocenters. The molecule has 0 heterocycles. The molecule has 0 aliphatic heterocycles. The maximum atomic E-state index is 12.4. The van der Waals surface area contributed by atoms with Crippen molar-refractivity contribution >= 4 is 5.57 Å².